The lowest BCUT2D eigenvalue weighted by atomic mass is 10.1. The maximum atomic E-state index is 13.4. The van der Waals surface area contributed by atoms with Crippen molar-refractivity contribution in [1.29, 1.82) is 0 Å². The summed E-state index contributed by atoms with van der Waals surface area (Å²) in [6, 6.07) is 11.3. The third kappa shape index (κ3) is 7.88. The third-order valence-electron chi connectivity index (χ3n) is 5.34. The van der Waals surface area contributed by atoms with Crippen molar-refractivity contribution in [3.05, 3.63) is 60.3 Å². The first-order chi connectivity index (χ1) is 22.5. The zero-order valence-electron chi connectivity index (χ0n) is 32.1. The first kappa shape index (κ1) is 15.3. The van der Waals surface area contributed by atoms with Crippen LogP contribution in [0.2, 0.25) is 0 Å². The van der Waals surface area contributed by atoms with Crippen molar-refractivity contribution in [2.75, 3.05) is 36.8 Å². The highest BCUT2D eigenvalue weighted by Gasteiger charge is 2.22. The Labute approximate surface area is 236 Å². The minimum Gasteiger partial charge on any atom is -0.492 e. The fourth-order valence-electron chi connectivity index (χ4n) is 3.57. The summed E-state index contributed by atoms with van der Waals surface area (Å²) in [5, 5.41) is 5.83. The summed E-state index contributed by atoms with van der Waals surface area (Å²) in [6.45, 7) is -10.2. The summed E-state index contributed by atoms with van der Waals surface area (Å²) >= 11 is 0. The fraction of sp³-hybridized carbons (Fsp3) is 0.407. The van der Waals surface area contributed by atoms with E-state index in [9.17, 15) is 8.42 Å². The number of aromatic nitrogens is 2. The van der Waals surface area contributed by atoms with E-state index in [4.69, 9.17) is 21.2 Å². The van der Waals surface area contributed by atoms with Gasteiger partial charge in [-0.3, -0.25) is 4.90 Å². The average molecular weight is 537 g/mol. The van der Waals surface area contributed by atoms with Gasteiger partial charge in [-0.15, -0.1) is 0 Å². The minimum atomic E-state index is -5.06. The van der Waals surface area contributed by atoms with Gasteiger partial charge in [0.25, 0.3) is 0 Å². The van der Waals surface area contributed by atoms with Crippen molar-refractivity contribution in [2.45, 2.75) is 50.8 Å². The number of ether oxygens (including phenoxy) is 1. The molecule has 1 fully saturated rings. The number of hydrogen-bond donors (Lipinski definition) is 3. The molecule has 2 aromatic carbocycles. The predicted octanol–water partition coefficient (Wildman–Crippen LogP) is 4.82. The second-order valence-electron chi connectivity index (χ2n) is 8.43. The Bertz CT molecular complexity index is 1710. The molecular formula is C27H36N6O3S. The first-order valence-electron chi connectivity index (χ1n) is 17.5. The molecule has 4 rings (SSSR count). The molecule has 198 valence electrons. The van der Waals surface area contributed by atoms with E-state index in [1.54, 1.807) is 36.1 Å². The van der Waals surface area contributed by atoms with Gasteiger partial charge in [0.2, 0.25) is 16.0 Å². The van der Waals surface area contributed by atoms with Crippen molar-refractivity contribution in [3.63, 3.8) is 0 Å². The van der Waals surface area contributed by atoms with Crippen LogP contribution in [0.25, 0.3) is 0 Å². The molecule has 2 heterocycles. The lowest BCUT2D eigenvalue weighted by Crippen LogP contribution is -2.40. The predicted molar refractivity (Wildman–Crippen MR) is 147 cm³/mol. The van der Waals surface area contributed by atoms with Gasteiger partial charge in [0, 0.05) is 50.2 Å². The topological polar surface area (TPSA) is 108 Å². The number of nitrogens with one attached hydrogen (secondary N) is 3. The second kappa shape index (κ2) is 11.5. The maximum absolute atomic E-state index is 13.4. The van der Waals surface area contributed by atoms with Gasteiger partial charge in [-0.05, 0) is 95.9 Å². The Morgan fingerprint density at radius 3 is 2.59 bits per heavy atom. The van der Waals surface area contributed by atoms with Crippen molar-refractivity contribution >= 4 is 33.2 Å². The number of likely N-dealkylation sites (tertiary alicyclic amines) is 1. The summed E-state index contributed by atoms with van der Waals surface area (Å²) in [4.78, 5) is 9.62. The van der Waals surface area contributed by atoms with E-state index in [0.29, 0.717) is 24.5 Å². The minimum absolute atomic E-state index is 0.000364. The molecule has 0 saturated carbocycles. The number of nitrogens with zero attached hydrogens (tertiary/aromatic N) is 3. The summed E-state index contributed by atoms with van der Waals surface area (Å²) < 4.78 is 128. The van der Waals surface area contributed by atoms with Crippen molar-refractivity contribution < 1.29 is 29.6 Å². The molecule has 9 nitrogen and oxygen atoms in total. The highest BCUT2D eigenvalue weighted by molar-refractivity contribution is 7.89. The van der Waals surface area contributed by atoms with Crippen LogP contribution >= 0.6 is 0 Å². The van der Waals surface area contributed by atoms with E-state index < -0.39 is 47.5 Å². The molecule has 37 heavy (non-hydrogen) atoms. The standard InChI is InChI=1S/C27H36N6O3S/c1-20-19-28-26(30-21-10-12-23(13-11-21)36-17-16-33-14-5-6-15-33)31-25(20)29-22-8-7-9-24(18-22)37(34,35)32-27(2,3)4/h7-13,18-19,32H,5-6,14-17H2,1-4H3,(H2,28,29,30,31)/i2D3,3D3,4D3,16D2,19D. The lowest BCUT2D eigenvalue weighted by Gasteiger charge is -2.20. The number of benzene rings is 2. The van der Waals surface area contributed by atoms with Gasteiger partial charge >= 0.3 is 0 Å². The second-order valence-corrected chi connectivity index (χ2v) is 10.1. The normalized spacial score (nSPS) is 20.7. The number of rotatable bonds is 10. The molecule has 0 radical (unpaired) electrons. The zero-order valence-corrected chi connectivity index (χ0v) is 20.9. The van der Waals surface area contributed by atoms with Crippen molar-refractivity contribution in [3.8, 4) is 5.75 Å². The molecule has 0 atom stereocenters. The van der Waals surface area contributed by atoms with Crippen LogP contribution in [-0.2, 0) is 10.0 Å². The van der Waals surface area contributed by atoms with E-state index in [2.05, 4.69) is 20.6 Å². The molecule has 0 unspecified atom stereocenters. The van der Waals surface area contributed by atoms with E-state index in [0.717, 1.165) is 25.0 Å². The van der Waals surface area contributed by atoms with Gasteiger partial charge in [-0.1, -0.05) is 6.07 Å². The van der Waals surface area contributed by atoms with E-state index >= 15 is 0 Å². The van der Waals surface area contributed by atoms with Gasteiger partial charge in [0.15, 0.2) is 0 Å². The fourth-order valence-corrected chi connectivity index (χ4v) is 4.63. The van der Waals surface area contributed by atoms with Crippen LogP contribution in [0.4, 0.5) is 23.1 Å². The number of sulfonamides is 1. The molecule has 0 bridgehead atoms. The van der Waals surface area contributed by atoms with Crippen LogP contribution in [0.15, 0.2) is 59.6 Å². The monoisotopic (exact) mass is 536 g/mol. The quantitative estimate of drug-likeness (QED) is 0.338. The van der Waals surface area contributed by atoms with Crippen molar-refractivity contribution in [2.24, 2.45) is 0 Å². The molecule has 1 aliphatic rings. The Morgan fingerprint density at radius 1 is 1.11 bits per heavy atom. The van der Waals surface area contributed by atoms with Crippen LogP contribution in [0.5, 0.6) is 5.75 Å². The molecule has 10 heteroatoms. The van der Waals surface area contributed by atoms with Crippen LogP contribution in [0.3, 0.4) is 0 Å². The van der Waals surface area contributed by atoms with Gasteiger partial charge in [-0.2, -0.15) is 4.98 Å². The van der Waals surface area contributed by atoms with Crippen LogP contribution in [0.1, 0.15) is 55.4 Å². The molecule has 0 aliphatic carbocycles. The zero-order chi connectivity index (χ0) is 36.6. The summed E-state index contributed by atoms with van der Waals surface area (Å²) in [7, 11) is -5.06. The molecule has 0 amide bonds. The summed E-state index contributed by atoms with van der Waals surface area (Å²) in [5.41, 5.74) is -2.94. The van der Waals surface area contributed by atoms with E-state index in [-0.39, 0.29) is 35.8 Å². The van der Waals surface area contributed by atoms with Crippen LogP contribution in [-0.4, -0.2) is 55.0 Å². The smallest absolute Gasteiger partial charge is 0.241 e. The molecule has 1 aromatic heterocycles. The Morgan fingerprint density at radius 2 is 1.86 bits per heavy atom. The Kier molecular flexibility index (Phi) is 4.72. The highest BCUT2D eigenvalue weighted by atomic mass is 32.2. The van der Waals surface area contributed by atoms with Gasteiger partial charge in [0.05, 0.1) is 6.27 Å². The average Bonchev–Trinajstić information content (AvgIpc) is 3.53. The van der Waals surface area contributed by atoms with E-state index in [1.165, 1.54) is 16.9 Å². The van der Waals surface area contributed by atoms with E-state index in [1.807, 2.05) is 0 Å². The number of anilines is 4. The highest BCUT2D eigenvalue weighted by Crippen LogP contribution is 2.24. The lowest BCUT2D eigenvalue weighted by molar-refractivity contribution is 0.238. The summed E-state index contributed by atoms with van der Waals surface area (Å²) in [6.07, 6.45) is 1.72. The van der Waals surface area contributed by atoms with Crippen molar-refractivity contribution in [1.82, 2.24) is 19.6 Å². The summed E-state index contributed by atoms with van der Waals surface area (Å²) in [5.74, 6) is 0.538. The van der Waals surface area contributed by atoms with Crippen LogP contribution < -0.4 is 20.1 Å². The maximum Gasteiger partial charge on any atom is 0.241 e. The SMILES string of the molecule is [2H]c1nc(Nc2ccc(OCC([2H])([2H])N3CCCC3)cc2)nc(Nc2cccc(S(=O)(=O)NC(C([2H])([2H])[2H])(C([2H])([2H])[2H])C([2H])([2H])[2H])c2)c1C. The van der Waals surface area contributed by atoms with Gasteiger partial charge < -0.3 is 15.4 Å². The largest absolute Gasteiger partial charge is 0.492 e. The third-order valence-corrected chi connectivity index (χ3v) is 6.79. The number of hydrogen-bond acceptors (Lipinski definition) is 8. The molecule has 3 aromatic rings. The molecular weight excluding hydrogens is 488 g/mol. The molecule has 1 saturated heterocycles. The molecule has 3 N–H and O–H groups in total. The first-order valence-corrected chi connectivity index (χ1v) is 13.0. The van der Waals surface area contributed by atoms with Crippen LogP contribution in [0, 0.1) is 6.92 Å². The molecule has 0 spiro atoms. The van der Waals surface area contributed by atoms with Gasteiger partial charge in [0.1, 0.15) is 18.2 Å². The Hall–Kier alpha value is -3.21. The Balaban J connectivity index is 1.53. The molecule has 1 aliphatic heterocycles. The van der Waals surface area contributed by atoms with Gasteiger partial charge in [-0.25, -0.2) is 18.1 Å².